The second-order valence-corrected chi connectivity index (χ2v) is 8.03. The molecule has 2 aromatic rings. The molecule has 0 bridgehead atoms. The van der Waals surface area contributed by atoms with E-state index in [1.54, 1.807) is 6.92 Å². The smallest absolute Gasteiger partial charge is 0.431 e. The lowest BCUT2D eigenvalue weighted by molar-refractivity contribution is -0.117. The Balaban J connectivity index is 1.74. The number of halogens is 4. The lowest BCUT2D eigenvalue weighted by Gasteiger charge is -2.24. The van der Waals surface area contributed by atoms with Gasteiger partial charge in [-0.05, 0) is 43.9 Å². The molecule has 12 heteroatoms. The highest BCUT2D eigenvalue weighted by Crippen LogP contribution is 2.36. The van der Waals surface area contributed by atoms with Crippen molar-refractivity contribution >= 4 is 40.7 Å². The molecular weight excluding hydrogens is 463 g/mol. The topological polar surface area (TPSA) is 96.8 Å². The minimum atomic E-state index is -4.74. The Morgan fingerprint density at radius 1 is 1.30 bits per heavy atom. The number of nitrogens with one attached hydrogen (secondary N) is 1. The van der Waals surface area contributed by atoms with Crippen LogP contribution in [-0.4, -0.2) is 46.9 Å². The van der Waals surface area contributed by atoms with Crippen molar-refractivity contribution in [3.8, 4) is 0 Å². The van der Waals surface area contributed by atoms with Crippen LogP contribution in [0.2, 0.25) is 5.02 Å². The molecule has 1 N–H and O–H groups in total. The number of methoxy groups -OCH3 is 1. The van der Waals surface area contributed by atoms with Gasteiger partial charge < -0.3 is 10.1 Å². The summed E-state index contributed by atoms with van der Waals surface area (Å²) >= 11 is 6.12. The van der Waals surface area contributed by atoms with Gasteiger partial charge in [-0.25, -0.2) is 14.8 Å². The van der Waals surface area contributed by atoms with Gasteiger partial charge in [-0.1, -0.05) is 11.6 Å². The molecule has 2 aromatic heterocycles. The van der Waals surface area contributed by atoms with Crippen LogP contribution in [0.3, 0.4) is 0 Å². The molecule has 0 saturated carbocycles. The van der Waals surface area contributed by atoms with E-state index in [-0.39, 0.29) is 22.1 Å². The van der Waals surface area contributed by atoms with Gasteiger partial charge in [0.25, 0.3) is 0 Å². The number of pyridine rings is 2. The Morgan fingerprint density at radius 3 is 2.73 bits per heavy atom. The van der Waals surface area contributed by atoms with E-state index >= 15 is 0 Å². The van der Waals surface area contributed by atoms with Gasteiger partial charge in [0.2, 0.25) is 5.91 Å². The van der Waals surface area contributed by atoms with Gasteiger partial charge in [0.05, 0.1) is 23.5 Å². The number of esters is 1. The lowest BCUT2D eigenvalue weighted by atomic mass is 10.0. The normalized spacial score (nSPS) is 17.6. The molecule has 0 fully saturated rings. The standard InChI is InChI=1S/C21H19ClF3N5O3/c1-10-16(20(32)33-2)17(11-5-3-7-13(11)27-10)28-19(31)14-9-15(21(23,24)25)29-30(14)18-12(22)6-4-8-26-18/h4,6,8,14H,3,5,7,9H2,1-2H3,(H,27,28,31). The van der Waals surface area contributed by atoms with E-state index in [4.69, 9.17) is 16.3 Å². The fourth-order valence-corrected chi connectivity index (χ4v) is 4.24. The third kappa shape index (κ3) is 4.24. The molecule has 174 valence electrons. The van der Waals surface area contributed by atoms with Crippen LogP contribution in [0.15, 0.2) is 23.4 Å². The van der Waals surface area contributed by atoms with Crippen molar-refractivity contribution in [1.29, 1.82) is 0 Å². The van der Waals surface area contributed by atoms with Crippen LogP contribution in [0.5, 0.6) is 0 Å². The summed E-state index contributed by atoms with van der Waals surface area (Å²) in [6.45, 7) is 1.61. The molecule has 33 heavy (non-hydrogen) atoms. The Hall–Kier alpha value is -3.21. The average molecular weight is 482 g/mol. The van der Waals surface area contributed by atoms with Crippen molar-refractivity contribution in [3.05, 3.63) is 45.9 Å². The SMILES string of the molecule is COC(=O)c1c(C)nc2c(c1NC(=O)C1CC(C(F)(F)F)=NN1c1ncccc1Cl)CCC2. The quantitative estimate of drug-likeness (QED) is 0.666. The first-order valence-corrected chi connectivity index (χ1v) is 10.5. The summed E-state index contributed by atoms with van der Waals surface area (Å²) in [7, 11) is 1.20. The van der Waals surface area contributed by atoms with E-state index in [2.05, 4.69) is 20.4 Å². The Bertz CT molecular complexity index is 1170. The highest BCUT2D eigenvalue weighted by molar-refractivity contribution is 6.33. The first-order chi connectivity index (χ1) is 15.6. The number of anilines is 2. The van der Waals surface area contributed by atoms with E-state index in [0.29, 0.717) is 24.1 Å². The maximum absolute atomic E-state index is 13.5. The molecular formula is C21H19ClF3N5O3. The van der Waals surface area contributed by atoms with E-state index in [9.17, 15) is 22.8 Å². The number of rotatable bonds is 4. The van der Waals surface area contributed by atoms with Crippen molar-refractivity contribution in [3.63, 3.8) is 0 Å². The summed E-state index contributed by atoms with van der Waals surface area (Å²) < 4.78 is 45.2. The summed E-state index contributed by atoms with van der Waals surface area (Å²) in [5, 5.41) is 7.19. The fraction of sp³-hybridized carbons (Fsp3) is 0.381. The zero-order chi connectivity index (χ0) is 23.9. The first-order valence-electron chi connectivity index (χ1n) is 10.1. The Morgan fingerprint density at radius 2 is 2.06 bits per heavy atom. The first kappa shape index (κ1) is 23.0. The van der Waals surface area contributed by atoms with Crippen molar-refractivity contribution in [2.24, 2.45) is 5.10 Å². The van der Waals surface area contributed by atoms with E-state index in [1.807, 2.05) is 0 Å². The Kier molecular flexibility index (Phi) is 6.00. The van der Waals surface area contributed by atoms with Crippen LogP contribution in [0.4, 0.5) is 24.7 Å². The minimum absolute atomic E-state index is 0.0402. The number of hydrazone groups is 1. The van der Waals surface area contributed by atoms with E-state index < -0.39 is 36.2 Å². The molecule has 0 spiro atoms. The highest BCUT2D eigenvalue weighted by atomic mass is 35.5. The maximum atomic E-state index is 13.5. The van der Waals surface area contributed by atoms with Gasteiger partial charge in [0.1, 0.15) is 17.3 Å². The van der Waals surface area contributed by atoms with Crippen LogP contribution in [0.25, 0.3) is 0 Å². The minimum Gasteiger partial charge on any atom is -0.465 e. The van der Waals surface area contributed by atoms with Gasteiger partial charge in [0.15, 0.2) is 5.82 Å². The molecule has 0 saturated heterocycles. The third-order valence-electron chi connectivity index (χ3n) is 5.54. The number of carbonyl (C=O) groups is 2. The van der Waals surface area contributed by atoms with Gasteiger partial charge in [-0.15, -0.1) is 0 Å². The van der Waals surface area contributed by atoms with E-state index in [0.717, 1.165) is 17.1 Å². The zero-order valence-corrected chi connectivity index (χ0v) is 18.4. The molecule has 1 unspecified atom stereocenters. The number of aromatic nitrogens is 2. The van der Waals surface area contributed by atoms with Crippen LogP contribution >= 0.6 is 11.6 Å². The predicted molar refractivity (Wildman–Crippen MR) is 115 cm³/mol. The van der Waals surface area contributed by atoms with Gasteiger partial charge in [0, 0.05) is 18.3 Å². The molecule has 4 rings (SSSR count). The molecule has 1 aliphatic heterocycles. The third-order valence-corrected chi connectivity index (χ3v) is 5.83. The molecule has 0 radical (unpaired) electrons. The zero-order valence-electron chi connectivity index (χ0n) is 17.7. The predicted octanol–water partition coefficient (Wildman–Crippen LogP) is 3.85. The maximum Gasteiger partial charge on any atom is 0.431 e. The van der Waals surface area contributed by atoms with E-state index in [1.165, 1.54) is 25.4 Å². The largest absolute Gasteiger partial charge is 0.465 e. The second-order valence-electron chi connectivity index (χ2n) is 7.62. The number of amides is 1. The number of ether oxygens (including phenoxy) is 1. The molecule has 8 nitrogen and oxygen atoms in total. The Labute approximate surface area is 191 Å². The molecule has 1 amide bonds. The van der Waals surface area contributed by atoms with Crippen LogP contribution in [0, 0.1) is 6.92 Å². The van der Waals surface area contributed by atoms with Crippen molar-refractivity contribution in [2.75, 3.05) is 17.4 Å². The lowest BCUT2D eigenvalue weighted by Crippen LogP contribution is -2.40. The number of alkyl halides is 3. The molecule has 1 aliphatic carbocycles. The number of nitrogens with zero attached hydrogens (tertiary/aromatic N) is 4. The number of aryl methyl sites for hydroxylation is 2. The van der Waals surface area contributed by atoms with Crippen LogP contribution in [-0.2, 0) is 22.4 Å². The van der Waals surface area contributed by atoms with Crippen LogP contribution in [0.1, 0.15) is 40.2 Å². The monoisotopic (exact) mass is 481 g/mol. The summed E-state index contributed by atoms with van der Waals surface area (Å²) in [6.07, 6.45) is -2.10. The molecule has 0 aromatic carbocycles. The second kappa shape index (κ2) is 8.62. The number of hydrogen-bond acceptors (Lipinski definition) is 7. The van der Waals surface area contributed by atoms with Crippen LogP contribution < -0.4 is 10.3 Å². The van der Waals surface area contributed by atoms with Crippen molar-refractivity contribution in [1.82, 2.24) is 9.97 Å². The molecule has 1 atom stereocenters. The summed E-state index contributed by atoms with van der Waals surface area (Å²) in [5.74, 6) is -1.57. The van der Waals surface area contributed by atoms with Crippen molar-refractivity contribution in [2.45, 2.75) is 44.8 Å². The average Bonchev–Trinajstić information content (AvgIpc) is 3.40. The summed E-state index contributed by atoms with van der Waals surface area (Å²) in [6, 6.07) is 1.57. The summed E-state index contributed by atoms with van der Waals surface area (Å²) in [4.78, 5) is 34.2. The molecule has 2 aliphatic rings. The summed E-state index contributed by atoms with van der Waals surface area (Å²) in [5.41, 5.74) is 0.920. The van der Waals surface area contributed by atoms with Gasteiger partial charge >= 0.3 is 12.1 Å². The van der Waals surface area contributed by atoms with Gasteiger partial charge in [-0.3, -0.25) is 9.78 Å². The number of fused-ring (bicyclic) bond motifs is 1. The van der Waals surface area contributed by atoms with Crippen molar-refractivity contribution < 1.29 is 27.5 Å². The highest BCUT2D eigenvalue weighted by Gasteiger charge is 2.46. The number of carbonyl (C=O) groups excluding carboxylic acids is 2. The van der Waals surface area contributed by atoms with Gasteiger partial charge in [-0.2, -0.15) is 18.3 Å². The fourth-order valence-electron chi connectivity index (χ4n) is 4.03. The molecule has 3 heterocycles. The number of hydrogen-bond donors (Lipinski definition) is 1.